The molecule has 3 aromatic rings. The molecule has 0 bridgehead atoms. The number of carbonyl (C=O) groups is 1. The van der Waals surface area contributed by atoms with Crippen molar-refractivity contribution in [2.45, 2.75) is 11.4 Å². The number of anilines is 3. The molecule has 0 aliphatic carbocycles. The first-order valence-electron chi connectivity index (χ1n) is 11.6. The Labute approximate surface area is 219 Å². The van der Waals surface area contributed by atoms with Crippen molar-refractivity contribution in [2.75, 3.05) is 56.7 Å². The Morgan fingerprint density at radius 3 is 2.59 bits per heavy atom. The number of benzene rings is 1. The molecule has 196 valence electrons. The average molecular weight is 548 g/mol. The maximum atomic E-state index is 14.4. The van der Waals surface area contributed by atoms with Crippen LogP contribution in [0.4, 0.5) is 21.6 Å². The lowest BCUT2D eigenvalue weighted by molar-refractivity contribution is -0.116. The second kappa shape index (κ2) is 11.5. The molecule has 0 radical (unpaired) electrons. The zero-order chi connectivity index (χ0) is 26.6. The molecule has 0 spiro atoms. The number of hydrogen-bond donors (Lipinski definition) is 2. The fourth-order valence-electron chi connectivity index (χ4n) is 3.84. The molecule has 4 rings (SSSR count). The fourth-order valence-corrected chi connectivity index (χ4v) is 4.71. The normalized spacial score (nSPS) is 14.9. The second-order valence-electron chi connectivity index (χ2n) is 8.84. The lowest BCUT2D eigenvalue weighted by Gasteiger charge is -2.32. The van der Waals surface area contributed by atoms with Crippen LogP contribution in [0, 0.1) is 5.82 Å². The Kier molecular flexibility index (Phi) is 8.32. The summed E-state index contributed by atoms with van der Waals surface area (Å²) in [6.45, 7) is 4.45. The van der Waals surface area contributed by atoms with E-state index in [0.29, 0.717) is 29.5 Å². The molecule has 37 heavy (non-hydrogen) atoms. The largest absolute Gasteiger partial charge is 0.353 e. The molecule has 1 fully saturated rings. The number of piperazine rings is 1. The van der Waals surface area contributed by atoms with Crippen LogP contribution in [0.15, 0.2) is 47.6 Å². The average Bonchev–Trinajstić information content (AvgIpc) is 2.85. The van der Waals surface area contributed by atoms with Gasteiger partial charge in [0.15, 0.2) is 9.84 Å². The minimum absolute atomic E-state index is 0.0751. The standard InChI is InChI=1S/C24H27ClFN7O3S/c1-32-9-11-33(12-10-32)8-6-23(34)29-22-14-17(5-7-27-22)28-21-15-20(30-31-24(21)37(2,35)36)18-13-16(25)3-4-19(18)26/h3-5,7,13-15H,6,8-12H2,1-2H3,(H2,27,28,29,30,34). The van der Waals surface area contributed by atoms with Crippen LogP contribution in [-0.4, -0.2) is 85.3 Å². The molecule has 2 aromatic heterocycles. The molecule has 1 aromatic carbocycles. The highest BCUT2D eigenvalue weighted by atomic mass is 35.5. The number of rotatable bonds is 8. The number of sulfone groups is 1. The van der Waals surface area contributed by atoms with Gasteiger partial charge in [0.2, 0.25) is 10.9 Å². The Morgan fingerprint density at radius 1 is 1.11 bits per heavy atom. The van der Waals surface area contributed by atoms with Crippen molar-refractivity contribution in [3.63, 3.8) is 0 Å². The van der Waals surface area contributed by atoms with Crippen LogP contribution in [-0.2, 0) is 14.6 Å². The van der Waals surface area contributed by atoms with Crippen LogP contribution in [0.2, 0.25) is 5.02 Å². The summed E-state index contributed by atoms with van der Waals surface area (Å²) in [5.41, 5.74) is 0.706. The summed E-state index contributed by atoms with van der Waals surface area (Å²) >= 11 is 6.00. The summed E-state index contributed by atoms with van der Waals surface area (Å²) in [4.78, 5) is 21.2. The fraction of sp³-hybridized carbons (Fsp3) is 0.333. The lowest BCUT2D eigenvalue weighted by Crippen LogP contribution is -2.45. The summed E-state index contributed by atoms with van der Waals surface area (Å²) in [5.74, 6) is -0.454. The van der Waals surface area contributed by atoms with Gasteiger partial charge in [-0.15, -0.1) is 10.2 Å². The molecule has 1 aliphatic rings. The number of amides is 1. The zero-order valence-electron chi connectivity index (χ0n) is 20.4. The molecular weight excluding hydrogens is 521 g/mol. The topological polar surface area (TPSA) is 120 Å². The summed E-state index contributed by atoms with van der Waals surface area (Å²) < 4.78 is 39.1. The van der Waals surface area contributed by atoms with Gasteiger partial charge in [0.05, 0.1) is 11.4 Å². The Morgan fingerprint density at radius 2 is 1.86 bits per heavy atom. The third-order valence-electron chi connectivity index (χ3n) is 5.87. The number of pyridine rings is 1. The van der Waals surface area contributed by atoms with Crippen LogP contribution in [0.1, 0.15) is 6.42 Å². The molecule has 1 amide bonds. The van der Waals surface area contributed by atoms with Crippen molar-refractivity contribution in [1.29, 1.82) is 0 Å². The third kappa shape index (κ3) is 7.19. The van der Waals surface area contributed by atoms with E-state index in [4.69, 9.17) is 11.6 Å². The van der Waals surface area contributed by atoms with Crippen LogP contribution < -0.4 is 10.6 Å². The molecule has 0 unspecified atom stereocenters. The molecule has 3 heterocycles. The molecule has 2 N–H and O–H groups in total. The lowest BCUT2D eigenvalue weighted by atomic mass is 10.1. The van der Waals surface area contributed by atoms with E-state index in [2.05, 4.69) is 42.7 Å². The number of likely N-dealkylation sites (N-methyl/N-ethyl adjacent to an activating group) is 1. The van der Waals surface area contributed by atoms with E-state index in [1.54, 1.807) is 12.1 Å². The van der Waals surface area contributed by atoms with Crippen molar-refractivity contribution in [3.8, 4) is 11.3 Å². The minimum Gasteiger partial charge on any atom is -0.353 e. The van der Waals surface area contributed by atoms with Gasteiger partial charge in [-0.05, 0) is 37.4 Å². The number of carbonyl (C=O) groups excluding carboxylic acids is 1. The van der Waals surface area contributed by atoms with Crippen molar-refractivity contribution in [1.82, 2.24) is 25.0 Å². The van der Waals surface area contributed by atoms with Gasteiger partial charge in [-0.1, -0.05) is 11.6 Å². The predicted octanol–water partition coefficient (Wildman–Crippen LogP) is 3.05. The van der Waals surface area contributed by atoms with Crippen LogP contribution in [0.25, 0.3) is 11.3 Å². The minimum atomic E-state index is -3.77. The highest BCUT2D eigenvalue weighted by Crippen LogP contribution is 2.30. The predicted molar refractivity (Wildman–Crippen MR) is 140 cm³/mol. The van der Waals surface area contributed by atoms with Crippen LogP contribution in [0.5, 0.6) is 0 Å². The van der Waals surface area contributed by atoms with E-state index in [1.807, 2.05) is 0 Å². The quantitative estimate of drug-likeness (QED) is 0.438. The number of nitrogens with zero attached hydrogens (tertiary/aromatic N) is 5. The first kappa shape index (κ1) is 26.9. The van der Waals surface area contributed by atoms with E-state index in [0.717, 1.165) is 32.4 Å². The van der Waals surface area contributed by atoms with E-state index < -0.39 is 15.7 Å². The third-order valence-corrected chi connectivity index (χ3v) is 7.11. The molecule has 13 heteroatoms. The molecule has 0 atom stereocenters. The Bertz CT molecular complexity index is 1400. The first-order valence-corrected chi connectivity index (χ1v) is 13.8. The molecular formula is C24H27ClFN7O3S. The van der Waals surface area contributed by atoms with Gasteiger partial charge in [0, 0.05) is 73.9 Å². The second-order valence-corrected chi connectivity index (χ2v) is 11.2. The summed E-state index contributed by atoms with van der Waals surface area (Å²) in [5, 5.41) is 13.5. The number of nitrogens with one attached hydrogen (secondary N) is 2. The van der Waals surface area contributed by atoms with Crippen LogP contribution >= 0.6 is 11.6 Å². The summed E-state index contributed by atoms with van der Waals surface area (Å²) in [6, 6.07) is 8.53. The van der Waals surface area contributed by atoms with Crippen molar-refractivity contribution in [3.05, 3.63) is 53.4 Å². The van der Waals surface area contributed by atoms with Gasteiger partial charge in [-0.3, -0.25) is 4.79 Å². The van der Waals surface area contributed by atoms with Crippen LogP contribution in [0.3, 0.4) is 0 Å². The van der Waals surface area contributed by atoms with Gasteiger partial charge in [-0.2, -0.15) is 0 Å². The zero-order valence-corrected chi connectivity index (χ0v) is 22.0. The number of halogens is 2. The van der Waals surface area contributed by atoms with Crippen molar-refractivity contribution >= 4 is 44.5 Å². The van der Waals surface area contributed by atoms with Crippen molar-refractivity contribution in [2.24, 2.45) is 0 Å². The van der Waals surface area contributed by atoms with Gasteiger partial charge >= 0.3 is 0 Å². The maximum Gasteiger partial charge on any atom is 0.226 e. The van der Waals surface area contributed by atoms with Gasteiger partial charge in [0.1, 0.15) is 11.6 Å². The summed E-state index contributed by atoms with van der Waals surface area (Å²) in [6.07, 6.45) is 2.80. The van der Waals surface area contributed by atoms with Gasteiger partial charge < -0.3 is 20.4 Å². The van der Waals surface area contributed by atoms with E-state index in [-0.39, 0.29) is 27.9 Å². The van der Waals surface area contributed by atoms with Gasteiger partial charge in [-0.25, -0.2) is 17.8 Å². The SMILES string of the molecule is CN1CCN(CCC(=O)Nc2cc(Nc3cc(-c4cc(Cl)ccc4F)nnc3S(C)(=O)=O)ccn2)CC1. The van der Waals surface area contributed by atoms with E-state index >= 15 is 0 Å². The number of hydrogen-bond acceptors (Lipinski definition) is 9. The first-order chi connectivity index (χ1) is 17.6. The molecule has 1 aliphatic heterocycles. The number of aromatic nitrogens is 3. The smallest absolute Gasteiger partial charge is 0.226 e. The summed E-state index contributed by atoms with van der Waals surface area (Å²) in [7, 11) is -1.69. The van der Waals surface area contributed by atoms with E-state index in [9.17, 15) is 17.6 Å². The maximum absolute atomic E-state index is 14.4. The monoisotopic (exact) mass is 547 g/mol. The highest BCUT2D eigenvalue weighted by Gasteiger charge is 2.20. The highest BCUT2D eigenvalue weighted by molar-refractivity contribution is 7.90. The van der Waals surface area contributed by atoms with Gasteiger partial charge in [0.25, 0.3) is 0 Å². The van der Waals surface area contributed by atoms with E-state index in [1.165, 1.54) is 30.5 Å². The molecule has 1 saturated heterocycles. The molecule has 10 nitrogen and oxygen atoms in total. The van der Waals surface area contributed by atoms with Crippen molar-refractivity contribution < 1.29 is 17.6 Å². The molecule has 0 saturated carbocycles. The Balaban J connectivity index is 1.51. The Hall–Kier alpha value is -3.19.